The van der Waals surface area contributed by atoms with Crippen LogP contribution in [0.2, 0.25) is 0 Å². The molecule has 0 fully saturated rings. The summed E-state index contributed by atoms with van der Waals surface area (Å²) in [5.74, 6) is 1.07. The maximum Gasteiger partial charge on any atom is 0.257 e. The van der Waals surface area contributed by atoms with Crippen molar-refractivity contribution in [3.63, 3.8) is 0 Å². The predicted molar refractivity (Wildman–Crippen MR) is 106 cm³/mol. The van der Waals surface area contributed by atoms with Crippen LogP contribution in [0.25, 0.3) is 10.8 Å². The highest BCUT2D eigenvalue weighted by Crippen LogP contribution is 2.24. The molecule has 7 heteroatoms. The topological polar surface area (TPSA) is 77.2 Å². The summed E-state index contributed by atoms with van der Waals surface area (Å²) in [6, 6.07) is 20.7. The highest BCUT2D eigenvalue weighted by Gasteiger charge is 2.14. The summed E-state index contributed by atoms with van der Waals surface area (Å²) >= 11 is 1.52. The second kappa shape index (κ2) is 8.49. The van der Waals surface area contributed by atoms with Gasteiger partial charge in [-0.25, -0.2) is 0 Å². The molecule has 1 N–H and O–H groups in total. The van der Waals surface area contributed by atoms with Gasteiger partial charge in [-0.1, -0.05) is 48.5 Å². The molecule has 0 atom stereocenters. The Morgan fingerprint density at radius 2 is 1.82 bits per heavy atom. The van der Waals surface area contributed by atoms with Crippen LogP contribution in [-0.2, 0) is 13.2 Å². The molecule has 0 saturated heterocycles. The van der Waals surface area contributed by atoms with Gasteiger partial charge in [-0.05, 0) is 29.1 Å². The molecule has 1 amide bonds. The van der Waals surface area contributed by atoms with E-state index in [1.165, 1.54) is 11.3 Å². The van der Waals surface area contributed by atoms with Gasteiger partial charge < -0.3 is 14.5 Å². The first kappa shape index (κ1) is 17.9. The first-order valence-corrected chi connectivity index (χ1v) is 9.58. The smallest absolute Gasteiger partial charge is 0.257 e. The summed E-state index contributed by atoms with van der Waals surface area (Å²) in [4.78, 5) is 13.5. The number of aromatic nitrogens is 2. The Hall–Kier alpha value is -3.45. The van der Waals surface area contributed by atoms with Crippen molar-refractivity contribution in [1.82, 2.24) is 15.5 Å². The van der Waals surface area contributed by atoms with Gasteiger partial charge in [0.05, 0.1) is 10.4 Å². The summed E-state index contributed by atoms with van der Waals surface area (Å²) in [5, 5.41) is 12.9. The molecule has 0 saturated carbocycles. The van der Waals surface area contributed by atoms with E-state index in [1.54, 1.807) is 18.2 Å². The molecule has 0 aliphatic rings. The zero-order valence-electron chi connectivity index (χ0n) is 14.9. The van der Waals surface area contributed by atoms with E-state index in [1.807, 2.05) is 53.9 Å². The number of ether oxygens (including phenoxy) is 1. The molecule has 0 bridgehead atoms. The van der Waals surface area contributed by atoms with Crippen molar-refractivity contribution in [2.75, 3.05) is 0 Å². The number of hydrogen-bond acceptors (Lipinski definition) is 6. The third-order valence-electron chi connectivity index (χ3n) is 3.98. The Kier molecular flexibility index (Phi) is 5.44. The Balaban J connectivity index is 1.41. The first-order valence-electron chi connectivity index (χ1n) is 8.70. The van der Waals surface area contributed by atoms with E-state index >= 15 is 0 Å². The number of rotatable bonds is 7. The molecule has 2 heterocycles. The average Bonchev–Trinajstić information content (AvgIpc) is 3.43. The Bertz CT molecular complexity index is 1050. The third kappa shape index (κ3) is 4.27. The summed E-state index contributed by atoms with van der Waals surface area (Å²) in [6.07, 6.45) is 0. The molecule has 4 rings (SSSR count). The lowest BCUT2D eigenvalue weighted by Crippen LogP contribution is -2.23. The van der Waals surface area contributed by atoms with Gasteiger partial charge in [0.25, 0.3) is 17.7 Å². The zero-order valence-corrected chi connectivity index (χ0v) is 15.7. The van der Waals surface area contributed by atoms with E-state index < -0.39 is 0 Å². The van der Waals surface area contributed by atoms with Crippen LogP contribution < -0.4 is 10.1 Å². The monoisotopic (exact) mass is 391 g/mol. The van der Waals surface area contributed by atoms with Crippen LogP contribution in [0, 0.1) is 0 Å². The summed E-state index contributed by atoms with van der Waals surface area (Å²) in [6.45, 7) is 0.531. The number of hydrogen-bond donors (Lipinski definition) is 1. The van der Waals surface area contributed by atoms with Gasteiger partial charge in [-0.2, -0.15) is 0 Å². The maximum atomic E-state index is 12.6. The normalized spacial score (nSPS) is 10.6. The van der Waals surface area contributed by atoms with Gasteiger partial charge in [0.1, 0.15) is 5.75 Å². The zero-order chi connectivity index (χ0) is 19.2. The average molecular weight is 391 g/mol. The van der Waals surface area contributed by atoms with Crippen LogP contribution >= 0.6 is 11.3 Å². The number of nitrogens with zero attached hydrogens (tertiary/aromatic N) is 2. The minimum atomic E-state index is -0.204. The van der Waals surface area contributed by atoms with Gasteiger partial charge in [0, 0.05) is 6.54 Å². The van der Waals surface area contributed by atoms with Gasteiger partial charge in [0.2, 0.25) is 0 Å². The predicted octanol–water partition coefficient (Wildman–Crippen LogP) is 4.31. The standard InChI is InChI=1S/C21H17N3O3S/c25-20(22-13-15-7-2-1-3-8-15)16-9-4-5-10-17(16)26-14-19-23-24-21(27-19)18-11-6-12-28-18/h1-12H,13-14H2,(H,22,25). The fourth-order valence-electron chi connectivity index (χ4n) is 2.60. The lowest BCUT2D eigenvalue weighted by atomic mass is 10.1. The van der Waals surface area contributed by atoms with Crippen molar-refractivity contribution in [2.24, 2.45) is 0 Å². The van der Waals surface area contributed by atoms with Crippen LogP contribution in [0.15, 0.2) is 76.5 Å². The molecule has 0 aliphatic heterocycles. The summed E-state index contributed by atoms with van der Waals surface area (Å²) in [7, 11) is 0. The largest absolute Gasteiger partial charge is 0.483 e. The fourth-order valence-corrected chi connectivity index (χ4v) is 3.25. The van der Waals surface area contributed by atoms with Gasteiger partial charge in [0.15, 0.2) is 6.61 Å². The quantitative estimate of drug-likeness (QED) is 0.508. The molecule has 140 valence electrons. The second-order valence-corrected chi connectivity index (χ2v) is 6.88. The van der Waals surface area contributed by atoms with E-state index in [0.717, 1.165) is 10.4 Å². The van der Waals surface area contributed by atoms with Crippen molar-refractivity contribution in [3.8, 4) is 16.5 Å². The molecule has 2 aromatic carbocycles. The van der Waals surface area contributed by atoms with E-state index in [-0.39, 0.29) is 12.5 Å². The number of benzene rings is 2. The number of nitrogens with one attached hydrogen (secondary N) is 1. The fraction of sp³-hybridized carbons (Fsp3) is 0.0952. The van der Waals surface area contributed by atoms with Gasteiger partial charge in [-0.15, -0.1) is 21.5 Å². The van der Waals surface area contributed by atoms with Crippen molar-refractivity contribution < 1.29 is 13.9 Å². The van der Waals surface area contributed by atoms with Crippen LogP contribution in [0.4, 0.5) is 0 Å². The minimum absolute atomic E-state index is 0.0847. The molecular weight excluding hydrogens is 374 g/mol. The van der Waals surface area contributed by atoms with E-state index in [2.05, 4.69) is 15.5 Å². The van der Waals surface area contributed by atoms with Crippen molar-refractivity contribution in [3.05, 3.63) is 89.1 Å². The molecule has 0 spiro atoms. The third-order valence-corrected chi connectivity index (χ3v) is 4.84. The van der Waals surface area contributed by atoms with E-state index in [4.69, 9.17) is 9.15 Å². The minimum Gasteiger partial charge on any atom is -0.483 e. The van der Waals surface area contributed by atoms with Crippen molar-refractivity contribution in [2.45, 2.75) is 13.2 Å². The SMILES string of the molecule is O=C(NCc1ccccc1)c1ccccc1OCc1nnc(-c2cccs2)o1. The van der Waals surface area contributed by atoms with E-state index in [9.17, 15) is 4.79 Å². The van der Waals surface area contributed by atoms with Crippen LogP contribution in [0.1, 0.15) is 21.8 Å². The number of carbonyl (C=O) groups excluding carboxylic acids is 1. The van der Waals surface area contributed by atoms with Crippen LogP contribution in [0.3, 0.4) is 0 Å². The molecule has 2 aromatic heterocycles. The Morgan fingerprint density at radius 3 is 2.64 bits per heavy atom. The van der Waals surface area contributed by atoms with Gasteiger partial charge >= 0.3 is 0 Å². The van der Waals surface area contributed by atoms with Crippen LogP contribution in [-0.4, -0.2) is 16.1 Å². The van der Waals surface area contributed by atoms with E-state index in [0.29, 0.717) is 29.6 Å². The first-order chi connectivity index (χ1) is 13.8. The molecule has 4 aromatic rings. The number of thiophene rings is 1. The second-order valence-electron chi connectivity index (χ2n) is 5.93. The lowest BCUT2D eigenvalue weighted by molar-refractivity contribution is 0.0945. The molecule has 0 aliphatic carbocycles. The van der Waals surface area contributed by atoms with Crippen molar-refractivity contribution >= 4 is 17.2 Å². The lowest BCUT2D eigenvalue weighted by Gasteiger charge is -2.10. The maximum absolute atomic E-state index is 12.6. The Morgan fingerprint density at radius 1 is 1.00 bits per heavy atom. The highest BCUT2D eigenvalue weighted by atomic mass is 32.1. The summed E-state index contributed by atoms with van der Waals surface area (Å²) in [5.41, 5.74) is 1.48. The molecule has 0 radical (unpaired) electrons. The molecular formula is C21H17N3O3S. The number of amides is 1. The van der Waals surface area contributed by atoms with Gasteiger partial charge in [-0.3, -0.25) is 4.79 Å². The highest BCUT2D eigenvalue weighted by molar-refractivity contribution is 7.13. The molecule has 6 nitrogen and oxygen atoms in total. The number of para-hydroxylation sites is 1. The molecule has 28 heavy (non-hydrogen) atoms. The van der Waals surface area contributed by atoms with Crippen molar-refractivity contribution in [1.29, 1.82) is 0 Å². The Labute approximate surface area is 165 Å². The van der Waals surface area contributed by atoms with Crippen LogP contribution in [0.5, 0.6) is 5.75 Å². The summed E-state index contributed by atoms with van der Waals surface area (Å²) < 4.78 is 11.4. The molecule has 0 unspecified atom stereocenters. The number of carbonyl (C=O) groups is 1.